The Kier molecular flexibility index (Phi) is 2.46. The molecule has 6 heteroatoms. The lowest BCUT2D eigenvalue weighted by Gasteiger charge is -2.07. The van der Waals surface area contributed by atoms with Gasteiger partial charge in [-0.2, -0.15) is 0 Å². The van der Waals surface area contributed by atoms with Gasteiger partial charge in [-0.05, 0) is 24.6 Å². The number of hydrogen-bond donors (Lipinski definition) is 1. The number of carbonyl (C=O) groups is 1. The molecule has 1 aromatic rings. The molecule has 1 aromatic carbocycles. The van der Waals surface area contributed by atoms with Gasteiger partial charge in [0.2, 0.25) is 9.84 Å². The van der Waals surface area contributed by atoms with Crippen LogP contribution in [-0.4, -0.2) is 21.5 Å². The van der Waals surface area contributed by atoms with Gasteiger partial charge in [0.15, 0.2) is 0 Å². The molecule has 0 fully saturated rings. The minimum Gasteiger partial charge on any atom is -0.465 e. The number of ether oxygens (including phenoxy) is 1. The SMILES string of the molecule is COC(=O)c1cc2c(cc1C)C(N)=CS2(=O)=O. The van der Waals surface area contributed by atoms with Crippen molar-refractivity contribution in [1.29, 1.82) is 0 Å². The van der Waals surface area contributed by atoms with E-state index in [0.29, 0.717) is 11.1 Å². The monoisotopic (exact) mass is 253 g/mol. The van der Waals surface area contributed by atoms with Crippen molar-refractivity contribution in [3.05, 3.63) is 34.2 Å². The van der Waals surface area contributed by atoms with Crippen LogP contribution in [0.1, 0.15) is 21.5 Å². The summed E-state index contributed by atoms with van der Waals surface area (Å²) in [5, 5.41) is 0.998. The van der Waals surface area contributed by atoms with Gasteiger partial charge < -0.3 is 10.5 Å². The Morgan fingerprint density at radius 3 is 2.59 bits per heavy atom. The highest BCUT2D eigenvalue weighted by Gasteiger charge is 2.28. The van der Waals surface area contributed by atoms with Gasteiger partial charge in [0.1, 0.15) is 0 Å². The lowest BCUT2D eigenvalue weighted by atomic mass is 10.0. The van der Waals surface area contributed by atoms with Crippen LogP contribution in [0.5, 0.6) is 0 Å². The zero-order valence-electron chi connectivity index (χ0n) is 9.35. The van der Waals surface area contributed by atoms with Crippen molar-refractivity contribution in [3.8, 4) is 0 Å². The fraction of sp³-hybridized carbons (Fsp3) is 0.182. The third-order valence-electron chi connectivity index (χ3n) is 2.63. The molecule has 0 radical (unpaired) electrons. The fourth-order valence-electron chi connectivity index (χ4n) is 1.77. The molecule has 5 nitrogen and oxygen atoms in total. The van der Waals surface area contributed by atoms with E-state index in [0.717, 1.165) is 5.41 Å². The summed E-state index contributed by atoms with van der Waals surface area (Å²) in [6.45, 7) is 1.70. The van der Waals surface area contributed by atoms with Crippen molar-refractivity contribution < 1.29 is 17.9 Å². The number of methoxy groups -OCH3 is 1. The molecule has 0 aromatic heterocycles. The van der Waals surface area contributed by atoms with Gasteiger partial charge in [-0.15, -0.1) is 0 Å². The van der Waals surface area contributed by atoms with Gasteiger partial charge in [-0.25, -0.2) is 13.2 Å². The van der Waals surface area contributed by atoms with E-state index in [9.17, 15) is 13.2 Å². The van der Waals surface area contributed by atoms with Crippen LogP contribution < -0.4 is 5.73 Å². The number of nitrogens with two attached hydrogens (primary N) is 1. The third kappa shape index (κ3) is 1.70. The van der Waals surface area contributed by atoms with E-state index in [-0.39, 0.29) is 16.2 Å². The fourth-order valence-corrected chi connectivity index (χ4v) is 3.13. The zero-order valence-corrected chi connectivity index (χ0v) is 10.2. The van der Waals surface area contributed by atoms with E-state index < -0.39 is 15.8 Å². The van der Waals surface area contributed by atoms with Gasteiger partial charge in [-0.3, -0.25) is 0 Å². The van der Waals surface area contributed by atoms with Crippen LogP contribution in [0, 0.1) is 6.92 Å². The maximum Gasteiger partial charge on any atom is 0.338 e. The molecular formula is C11H11NO4S. The summed E-state index contributed by atoms with van der Waals surface area (Å²) in [4.78, 5) is 11.5. The maximum absolute atomic E-state index is 11.7. The number of aryl methyl sites for hydroxylation is 1. The molecular weight excluding hydrogens is 242 g/mol. The number of fused-ring (bicyclic) bond motifs is 1. The second kappa shape index (κ2) is 3.59. The van der Waals surface area contributed by atoms with Crippen LogP contribution >= 0.6 is 0 Å². The molecule has 0 saturated carbocycles. The average molecular weight is 253 g/mol. The molecule has 0 spiro atoms. The van der Waals surface area contributed by atoms with Crippen molar-refractivity contribution in [2.45, 2.75) is 11.8 Å². The van der Waals surface area contributed by atoms with E-state index in [1.165, 1.54) is 13.2 Å². The minimum absolute atomic E-state index is 0.0565. The highest BCUT2D eigenvalue weighted by Crippen LogP contribution is 2.32. The Bertz CT molecular complexity index is 644. The summed E-state index contributed by atoms with van der Waals surface area (Å²) in [6, 6.07) is 2.89. The first-order valence-corrected chi connectivity index (χ1v) is 6.37. The Hall–Kier alpha value is -1.82. The van der Waals surface area contributed by atoms with Crippen LogP contribution in [-0.2, 0) is 14.6 Å². The van der Waals surface area contributed by atoms with E-state index >= 15 is 0 Å². The van der Waals surface area contributed by atoms with Crippen molar-refractivity contribution >= 4 is 21.5 Å². The number of hydrogen-bond acceptors (Lipinski definition) is 5. The second-order valence-electron chi connectivity index (χ2n) is 3.77. The predicted octanol–water partition coefficient (Wildman–Crippen LogP) is 0.826. The molecule has 1 aliphatic rings. The molecule has 1 heterocycles. The third-order valence-corrected chi connectivity index (χ3v) is 4.15. The highest BCUT2D eigenvalue weighted by molar-refractivity contribution is 7.95. The van der Waals surface area contributed by atoms with Gasteiger partial charge in [0.25, 0.3) is 0 Å². The molecule has 0 atom stereocenters. The summed E-state index contributed by atoms with van der Waals surface area (Å²) in [5.41, 5.74) is 7.11. The van der Waals surface area contributed by atoms with Crippen molar-refractivity contribution in [2.75, 3.05) is 7.11 Å². The summed E-state index contributed by atoms with van der Waals surface area (Å²) in [7, 11) is -2.28. The van der Waals surface area contributed by atoms with Gasteiger partial charge in [0.05, 0.1) is 28.7 Å². The summed E-state index contributed by atoms with van der Waals surface area (Å²) >= 11 is 0. The quantitative estimate of drug-likeness (QED) is 0.749. The van der Waals surface area contributed by atoms with Crippen molar-refractivity contribution in [2.24, 2.45) is 5.73 Å². The van der Waals surface area contributed by atoms with Gasteiger partial charge in [0, 0.05) is 5.56 Å². The normalized spacial score (nSPS) is 16.2. The summed E-state index contributed by atoms with van der Waals surface area (Å²) < 4.78 is 28.0. The van der Waals surface area contributed by atoms with E-state index in [1.807, 2.05) is 0 Å². The van der Waals surface area contributed by atoms with Crippen molar-refractivity contribution in [3.63, 3.8) is 0 Å². The average Bonchev–Trinajstić information content (AvgIpc) is 2.47. The smallest absolute Gasteiger partial charge is 0.338 e. The maximum atomic E-state index is 11.7. The van der Waals surface area contributed by atoms with Crippen LogP contribution in [0.3, 0.4) is 0 Å². The molecule has 2 N–H and O–H groups in total. The number of sulfone groups is 1. The van der Waals surface area contributed by atoms with Crippen molar-refractivity contribution in [1.82, 2.24) is 0 Å². The van der Waals surface area contributed by atoms with Crippen LogP contribution in [0.4, 0.5) is 0 Å². The number of esters is 1. The second-order valence-corrected chi connectivity index (χ2v) is 5.54. The molecule has 0 saturated heterocycles. The predicted molar refractivity (Wildman–Crippen MR) is 61.9 cm³/mol. The first-order valence-electron chi connectivity index (χ1n) is 4.82. The number of rotatable bonds is 1. The topological polar surface area (TPSA) is 86.5 Å². The molecule has 2 rings (SSSR count). The number of carbonyl (C=O) groups excluding carboxylic acids is 1. The first-order chi connectivity index (χ1) is 7.86. The lowest BCUT2D eigenvalue weighted by Crippen LogP contribution is -2.07. The Morgan fingerprint density at radius 1 is 1.35 bits per heavy atom. The lowest BCUT2D eigenvalue weighted by molar-refractivity contribution is 0.0599. The molecule has 0 bridgehead atoms. The summed E-state index contributed by atoms with van der Waals surface area (Å²) in [6.07, 6.45) is 0. The zero-order chi connectivity index (χ0) is 12.8. The standard InChI is InChI=1S/C11H11NO4S/c1-6-3-8-9(12)5-17(14,15)10(8)4-7(6)11(13)16-2/h3-5H,12H2,1-2H3. The van der Waals surface area contributed by atoms with Gasteiger partial charge >= 0.3 is 5.97 Å². The first kappa shape index (κ1) is 11.7. The Morgan fingerprint density at radius 2 is 2.00 bits per heavy atom. The Balaban J connectivity index is 2.73. The number of benzene rings is 1. The highest BCUT2D eigenvalue weighted by atomic mass is 32.2. The van der Waals surface area contributed by atoms with E-state index in [1.54, 1.807) is 13.0 Å². The largest absolute Gasteiger partial charge is 0.465 e. The van der Waals surface area contributed by atoms with Crippen LogP contribution in [0.2, 0.25) is 0 Å². The van der Waals surface area contributed by atoms with E-state index in [4.69, 9.17) is 5.73 Å². The molecule has 90 valence electrons. The summed E-state index contributed by atoms with van der Waals surface area (Å²) in [5.74, 6) is -0.564. The molecule has 0 amide bonds. The molecule has 17 heavy (non-hydrogen) atoms. The molecule has 1 aliphatic heterocycles. The molecule has 0 aliphatic carbocycles. The molecule has 0 unspecified atom stereocenters. The van der Waals surface area contributed by atoms with Crippen LogP contribution in [0.15, 0.2) is 22.4 Å². The van der Waals surface area contributed by atoms with Crippen LogP contribution in [0.25, 0.3) is 5.70 Å². The van der Waals surface area contributed by atoms with Gasteiger partial charge in [-0.1, -0.05) is 0 Å². The Labute approximate surface area is 98.8 Å². The minimum atomic E-state index is -3.53. The van der Waals surface area contributed by atoms with E-state index in [2.05, 4.69) is 4.74 Å².